The number of aromatic nitrogens is 2. The predicted octanol–water partition coefficient (Wildman–Crippen LogP) is 4.89. The molecule has 1 atom stereocenters. The van der Waals surface area contributed by atoms with Crippen LogP contribution >= 0.6 is 11.8 Å². The van der Waals surface area contributed by atoms with Gasteiger partial charge < -0.3 is 14.8 Å². The van der Waals surface area contributed by atoms with Crippen molar-refractivity contribution in [2.45, 2.75) is 31.7 Å². The molecule has 0 saturated carbocycles. The van der Waals surface area contributed by atoms with Gasteiger partial charge in [0.1, 0.15) is 16.7 Å². The number of methoxy groups -OCH3 is 1. The van der Waals surface area contributed by atoms with Crippen molar-refractivity contribution in [1.29, 1.82) is 0 Å². The number of rotatable bonds is 4. The first-order valence-electron chi connectivity index (χ1n) is 9.76. The number of Topliss-reactive ketones (excluding diaryl/α,β-unsaturated/α-hetero) is 1. The standard InChI is InChI=1S/C23H23N3O4S/c1-23(2,3)30-22(28)26-12-17(16-8-7-15(29-4)10-19(16)26)20(27)18-13-31-21(25-18)14-6-5-9-24-11-14/h5-13,21,25H,1-4H3. The molecule has 0 radical (unpaired) electrons. The van der Waals surface area contributed by atoms with E-state index in [2.05, 4.69) is 10.3 Å². The highest BCUT2D eigenvalue weighted by atomic mass is 32.2. The zero-order valence-corrected chi connectivity index (χ0v) is 18.5. The van der Waals surface area contributed by atoms with E-state index in [1.807, 2.05) is 12.1 Å². The molecule has 0 saturated heterocycles. The van der Waals surface area contributed by atoms with Gasteiger partial charge in [0.2, 0.25) is 5.78 Å². The molecule has 1 aliphatic rings. The molecule has 2 aromatic heterocycles. The monoisotopic (exact) mass is 437 g/mol. The van der Waals surface area contributed by atoms with Crippen LogP contribution in [0.5, 0.6) is 5.75 Å². The number of pyridine rings is 1. The van der Waals surface area contributed by atoms with Gasteiger partial charge in [-0.1, -0.05) is 6.07 Å². The third-order valence-electron chi connectivity index (χ3n) is 4.69. The van der Waals surface area contributed by atoms with Crippen molar-refractivity contribution in [3.05, 3.63) is 71.2 Å². The zero-order valence-electron chi connectivity index (χ0n) is 17.7. The zero-order chi connectivity index (χ0) is 22.2. The second-order valence-electron chi connectivity index (χ2n) is 8.08. The summed E-state index contributed by atoms with van der Waals surface area (Å²) in [4.78, 5) is 30.3. The van der Waals surface area contributed by atoms with Gasteiger partial charge in [0, 0.05) is 41.0 Å². The number of allylic oxidation sites excluding steroid dienone is 1. The molecule has 8 heteroatoms. The van der Waals surface area contributed by atoms with Crippen LogP contribution in [-0.2, 0) is 4.74 Å². The number of benzene rings is 1. The summed E-state index contributed by atoms with van der Waals surface area (Å²) in [5, 5.41) is 5.62. The number of nitrogens with zero attached hydrogens (tertiary/aromatic N) is 2. The normalized spacial score (nSPS) is 16.0. The van der Waals surface area contributed by atoms with E-state index in [1.54, 1.807) is 63.9 Å². The molecule has 31 heavy (non-hydrogen) atoms. The van der Waals surface area contributed by atoms with E-state index < -0.39 is 11.7 Å². The molecule has 1 N–H and O–H groups in total. The maximum atomic E-state index is 13.4. The minimum atomic E-state index is -0.667. The highest BCUT2D eigenvalue weighted by Crippen LogP contribution is 2.36. The molecule has 0 fully saturated rings. The minimum absolute atomic E-state index is 0.0908. The molecule has 160 valence electrons. The Morgan fingerprint density at radius 1 is 1.23 bits per heavy atom. The van der Waals surface area contributed by atoms with Gasteiger partial charge in [-0.05, 0) is 39.0 Å². The Hall–Kier alpha value is -3.26. The summed E-state index contributed by atoms with van der Waals surface area (Å²) in [7, 11) is 1.55. The molecule has 0 aliphatic carbocycles. The molecule has 0 amide bonds. The van der Waals surface area contributed by atoms with Crippen LogP contribution in [0.15, 0.2) is 60.0 Å². The largest absolute Gasteiger partial charge is 0.497 e. The number of carbonyl (C=O) groups is 2. The van der Waals surface area contributed by atoms with Gasteiger partial charge in [0.05, 0.1) is 23.9 Å². The first-order chi connectivity index (χ1) is 14.8. The van der Waals surface area contributed by atoms with Crippen molar-refractivity contribution in [3.63, 3.8) is 0 Å². The number of ether oxygens (including phenoxy) is 2. The number of nitrogens with one attached hydrogen (secondary N) is 1. The van der Waals surface area contributed by atoms with Crippen molar-refractivity contribution in [2.75, 3.05) is 7.11 Å². The number of thioether (sulfide) groups is 1. The van der Waals surface area contributed by atoms with Crippen LogP contribution in [0.25, 0.3) is 10.9 Å². The average molecular weight is 438 g/mol. The van der Waals surface area contributed by atoms with Gasteiger partial charge in [-0.2, -0.15) is 0 Å². The summed E-state index contributed by atoms with van der Waals surface area (Å²) in [5.74, 6) is 0.385. The Morgan fingerprint density at radius 3 is 2.71 bits per heavy atom. The van der Waals surface area contributed by atoms with Crippen LogP contribution < -0.4 is 10.1 Å². The summed E-state index contributed by atoms with van der Waals surface area (Å²) >= 11 is 1.51. The predicted molar refractivity (Wildman–Crippen MR) is 120 cm³/mol. The van der Waals surface area contributed by atoms with Crippen LogP contribution in [0.1, 0.15) is 42.1 Å². The van der Waals surface area contributed by atoms with E-state index in [4.69, 9.17) is 9.47 Å². The molecule has 7 nitrogen and oxygen atoms in total. The molecule has 3 heterocycles. The van der Waals surface area contributed by atoms with Gasteiger partial charge in [-0.25, -0.2) is 4.79 Å². The van der Waals surface area contributed by atoms with Gasteiger partial charge in [-0.15, -0.1) is 11.8 Å². The first kappa shape index (κ1) is 21.0. The third-order valence-corrected chi connectivity index (χ3v) is 5.72. The van der Waals surface area contributed by atoms with Crippen molar-refractivity contribution in [1.82, 2.24) is 14.9 Å². The number of hydrogen-bond donors (Lipinski definition) is 1. The fourth-order valence-electron chi connectivity index (χ4n) is 3.28. The lowest BCUT2D eigenvalue weighted by molar-refractivity contribution is 0.0544. The van der Waals surface area contributed by atoms with Crippen LogP contribution in [0.4, 0.5) is 4.79 Å². The van der Waals surface area contributed by atoms with E-state index in [0.29, 0.717) is 27.9 Å². The highest BCUT2D eigenvalue weighted by Gasteiger charge is 2.28. The molecule has 0 spiro atoms. The molecular weight excluding hydrogens is 414 g/mol. The van der Waals surface area contributed by atoms with Crippen LogP contribution in [-0.4, -0.2) is 34.1 Å². The summed E-state index contributed by atoms with van der Waals surface area (Å²) in [6.45, 7) is 5.39. The summed E-state index contributed by atoms with van der Waals surface area (Å²) in [6.07, 6.45) is 4.46. The Balaban J connectivity index is 1.69. The smallest absolute Gasteiger partial charge is 0.419 e. The molecule has 4 rings (SSSR count). The van der Waals surface area contributed by atoms with Gasteiger partial charge in [-0.3, -0.25) is 14.3 Å². The average Bonchev–Trinajstić information content (AvgIpc) is 3.38. The molecule has 3 aromatic rings. The lowest BCUT2D eigenvalue weighted by Gasteiger charge is -2.19. The fraction of sp³-hybridized carbons (Fsp3) is 0.261. The summed E-state index contributed by atoms with van der Waals surface area (Å²) in [6, 6.07) is 9.09. The van der Waals surface area contributed by atoms with E-state index in [1.165, 1.54) is 22.5 Å². The SMILES string of the molecule is COc1ccc2c(C(=O)C3=CSC(c4cccnc4)N3)cn(C(=O)OC(C)(C)C)c2c1. The van der Waals surface area contributed by atoms with Crippen LogP contribution in [0.2, 0.25) is 0 Å². The topological polar surface area (TPSA) is 82.5 Å². The van der Waals surface area contributed by atoms with Gasteiger partial charge >= 0.3 is 6.09 Å². The second-order valence-corrected chi connectivity index (χ2v) is 9.06. The fourth-order valence-corrected chi connectivity index (χ4v) is 4.22. The number of fused-ring (bicyclic) bond motifs is 1. The minimum Gasteiger partial charge on any atom is -0.497 e. The van der Waals surface area contributed by atoms with E-state index >= 15 is 0 Å². The van der Waals surface area contributed by atoms with Gasteiger partial charge in [0.25, 0.3) is 0 Å². The third kappa shape index (κ3) is 4.29. The van der Waals surface area contributed by atoms with Crippen LogP contribution in [0, 0.1) is 0 Å². The van der Waals surface area contributed by atoms with Crippen molar-refractivity contribution >= 4 is 34.5 Å². The number of hydrogen-bond acceptors (Lipinski definition) is 7. The van der Waals surface area contributed by atoms with Crippen LogP contribution in [0.3, 0.4) is 0 Å². The lowest BCUT2D eigenvalue weighted by Crippen LogP contribution is -2.26. The maximum absolute atomic E-state index is 13.4. The van der Waals surface area contributed by atoms with Crippen molar-refractivity contribution in [3.8, 4) is 5.75 Å². The molecule has 0 bridgehead atoms. The van der Waals surface area contributed by atoms with E-state index in [0.717, 1.165) is 5.56 Å². The summed E-state index contributed by atoms with van der Waals surface area (Å²) < 4.78 is 12.2. The molecule has 1 aromatic carbocycles. The Bertz CT molecular complexity index is 1180. The van der Waals surface area contributed by atoms with Crippen molar-refractivity contribution < 1.29 is 19.1 Å². The molecular formula is C23H23N3O4S. The van der Waals surface area contributed by atoms with Crippen molar-refractivity contribution in [2.24, 2.45) is 0 Å². The van der Waals surface area contributed by atoms with Gasteiger partial charge in [0.15, 0.2) is 0 Å². The number of carbonyl (C=O) groups excluding carboxylic acids is 2. The Labute approximate surface area is 184 Å². The van der Waals surface area contributed by atoms with E-state index in [9.17, 15) is 9.59 Å². The lowest BCUT2D eigenvalue weighted by atomic mass is 10.1. The first-order valence-corrected chi connectivity index (χ1v) is 10.7. The Kier molecular flexibility index (Phi) is 5.49. The number of ketones is 1. The molecule has 1 aliphatic heterocycles. The highest BCUT2D eigenvalue weighted by molar-refractivity contribution is 8.02. The quantitative estimate of drug-likeness (QED) is 0.582. The Morgan fingerprint density at radius 2 is 2.03 bits per heavy atom. The van der Waals surface area contributed by atoms with E-state index in [-0.39, 0.29) is 11.2 Å². The molecule has 1 unspecified atom stereocenters. The summed E-state index contributed by atoms with van der Waals surface area (Å²) in [5.41, 5.74) is 1.74. The second kappa shape index (κ2) is 8.11. The maximum Gasteiger partial charge on any atom is 0.419 e.